The topological polar surface area (TPSA) is 29.3 Å². The van der Waals surface area contributed by atoms with Gasteiger partial charge in [0.2, 0.25) is 0 Å². The van der Waals surface area contributed by atoms with Crippen LogP contribution >= 0.6 is 0 Å². The van der Waals surface area contributed by atoms with Crippen LogP contribution < -0.4 is 10.6 Å². The van der Waals surface area contributed by atoms with E-state index in [0.717, 1.165) is 13.0 Å². The van der Waals surface area contributed by atoms with Gasteiger partial charge in [0.05, 0.1) is 0 Å². The molecule has 0 amide bonds. The SMILES string of the molecule is NCCc1ccc(N2CCCC2)cc1. The van der Waals surface area contributed by atoms with Gasteiger partial charge in [-0.25, -0.2) is 0 Å². The van der Waals surface area contributed by atoms with Gasteiger partial charge in [-0.05, 0) is 43.5 Å². The maximum absolute atomic E-state index is 5.51. The molecule has 0 saturated carbocycles. The highest BCUT2D eigenvalue weighted by Crippen LogP contribution is 2.20. The first-order valence-electron chi connectivity index (χ1n) is 5.44. The van der Waals surface area contributed by atoms with Crippen molar-refractivity contribution in [2.24, 2.45) is 5.73 Å². The lowest BCUT2D eigenvalue weighted by molar-refractivity contribution is 0.949. The molecule has 2 N–H and O–H groups in total. The Balaban J connectivity index is 2.05. The standard InChI is InChI=1S/C12H18N2/c13-8-7-11-3-5-12(6-4-11)14-9-1-2-10-14/h3-6H,1-2,7-10,13H2. The Labute approximate surface area is 85.7 Å². The van der Waals surface area contributed by atoms with Crippen LogP contribution in [0.15, 0.2) is 24.3 Å². The Morgan fingerprint density at radius 2 is 1.71 bits per heavy atom. The molecular formula is C12H18N2. The smallest absolute Gasteiger partial charge is 0.0366 e. The lowest BCUT2D eigenvalue weighted by Gasteiger charge is -2.17. The predicted octanol–water partition coefficient (Wildman–Crippen LogP) is 1.79. The van der Waals surface area contributed by atoms with Crippen molar-refractivity contribution in [3.8, 4) is 0 Å². The molecule has 1 aromatic rings. The highest BCUT2D eigenvalue weighted by Gasteiger charge is 2.11. The second kappa shape index (κ2) is 4.47. The van der Waals surface area contributed by atoms with Crippen LogP contribution in [0, 0.1) is 0 Å². The average Bonchev–Trinajstić information content (AvgIpc) is 2.72. The van der Waals surface area contributed by atoms with Crippen molar-refractivity contribution in [3.05, 3.63) is 29.8 Å². The first-order chi connectivity index (χ1) is 6.90. The second-order valence-corrected chi connectivity index (χ2v) is 3.90. The van der Waals surface area contributed by atoms with E-state index in [1.54, 1.807) is 0 Å². The lowest BCUT2D eigenvalue weighted by Crippen LogP contribution is -2.17. The molecule has 1 aromatic carbocycles. The molecule has 0 unspecified atom stereocenters. The first kappa shape index (κ1) is 9.53. The van der Waals surface area contributed by atoms with E-state index in [9.17, 15) is 0 Å². The molecule has 1 aliphatic heterocycles. The highest BCUT2D eigenvalue weighted by atomic mass is 15.1. The van der Waals surface area contributed by atoms with Gasteiger partial charge in [-0.3, -0.25) is 0 Å². The third-order valence-electron chi connectivity index (χ3n) is 2.84. The van der Waals surface area contributed by atoms with Gasteiger partial charge in [0.25, 0.3) is 0 Å². The second-order valence-electron chi connectivity index (χ2n) is 3.90. The molecule has 0 aliphatic carbocycles. The zero-order valence-corrected chi connectivity index (χ0v) is 8.58. The number of hydrogen-bond donors (Lipinski definition) is 1. The predicted molar refractivity (Wildman–Crippen MR) is 60.6 cm³/mol. The summed E-state index contributed by atoms with van der Waals surface area (Å²) >= 11 is 0. The van der Waals surface area contributed by atoms with Crippen molar-refractivity contribution in [1.29, 1.82) is 0 Å². The van der Waals surface area contributed by atoms with Gasteiger partial charge < -0.3 is 10.6 Å². The lowest BCUT2D eigenvalue weighted by atomic mass is 10.1. The van der Waals surface area contributed by atoms with Gasteiger partial charge in [-0.1, -0.05) is 12.1 Å². The minimum atomic E-state index is 0.739. The molecule has 0 radical (unpaired) electrons. The molecule has 76 valence electrons. The number of rotatable bonds is 3. The van der Waals surface area contributed by atoms with Crippen LogP contribution in [0.25, 0.3) is 0 Å². The van der Waals surface area contributed by atoms with Gasteiger partial charge in [0, 0.05) is 18.8 Å². The van der Waals surface area contributed by atoms with E-state index in [1.165, 1.54) is 37.2 Å². The number of anilines is 1. The molecule has 2 heteroatoms. The summed E-state index contributed by atoms with van der Waals surface area (Å²) in [5.41, 5.74) is 8.22. The first-order valence-corrected chi connectivity index (χ1v) is 5.44. The Kier molecular flexibility index (Phi) is 3.04. The Morgan fingerprint density at radius 3 is 2.29 bits per heavy atom. The monoisotopic (exact) mass is 190 g/mol. The van der Waals surface area contributed by atoms with E-state index >= 15 is 0 Å². The fourth-order valence-electron chi connectivity index (χ4n) is 2.02. The minimum absolute atomic E-state index is 0.739. The summed E-state index contributed by atoms with van der Waals surface area (Å²) in [6.07, 6.45) is 3.66. The van der Waals surface area contributed by atoms with Crippen molar-refractivity contribution >= 4 is 5.69 Å². The van der Waals surface area contributed by atoms with Gasteiger partial charge >= 0.3 is 0 Å². The average molecular weight is 190 g/mol. The normalized spacial score (nSPS) is 16.2. The molecule has 0 spiro atoms. The third-order valence-corrected chi connectivity index (χ3v) is 2.84. The van der Waals surface area contributed by atoms with Crippen LogP contribution in [0.5, 0.6) is 0 Å². The summed E-state index contributed by atoms with van der Waals surface area (Å²) in [7, 11) is 0. The maximum atomic E-state index is 5.51. The zero-order chi connectivity index (χ0) is 9.80. The minimum Gasteiger partial charge on any atom is -0.372 e. The summed E-state index contributed by atoms with van der Waals surface area (Å²) in [6, 6.07) is 8.83. The Morgan fingerprint density at radius 1 is 1.07 bits per heavy atom. The quantitative estimate of drug-likeness (QED) is 0.787. The van der Waals surface area contributed by atoms with Crippen LogP contribution in [0.1, 0.15) is 18.4 Å². The number of nitrogens with zero attached hydrogens (tertiary/aromatic N) is 1. The molecule has 2 nitrogen and oxygen atoms in total. The van der Waals surface area contributed by atoms with Gasteiger partial charge in [0.15, 0.2) is 0 Å². The highest BCUT2D eigenvalue weighted by molar-refractivity contribution is 5.48. The molecular weight excluding hydrogens is 172 g/mol. The fourth-order valence-corrected chi connectivity index (χ4v) is 2.02. The summed E-state index contributed by atoms with van der Waals surface area (Å²) in [6.45, 7) is 3.18. The van der Waals surface area contributed by atoms with Crippen molar-refractivity contribution in [1.82, 2.24) is 0 Å². The molecule has 0 atom stereocenters. The van der Waals surface area contributed by atoms with Crippen molar-refractivity contribution < 1.29 is 0 Å². The van der Waals surface area contributed by atoms with Gasteiger partial charge in [-0.2, -0.15) is 0 Å². The van der Waals surface area contributed by atoms with Crippen LogP contribution in [0.2, 0.25) is 0 Å². The van der Waals surface area contributed by atoms with Gasteiger partial charge in [0.1, 0.15) is 0 Å². The van der Waals surface area contributed by atoms with Crippen molar-refractivity contribution in [2.45, 2.75) is 19.3 Å². The van der Waals surface area contributed by atoms with E-state index in [2.05, 4.69) is 29.2 Å². The van der Waals surface area contributed by atoms with E-state index < -0.39 is 0 Å². The molecule has 0 aromatic heterocycles. The number of nitrogens with two attached hydrogens (primary N) is 1. The van der Waals surface area contributed by atoms with E-state index in [0.29, 0.717) is 0 Å². The maximum Gasteiger partial charge on any atom is 0.0366 e. The fraction of sp³-hybridized carbons (Fsp3) is 0.500. The van der Waals surface area contributed by atoms with Crippen LogP contribution in [-0.2, 0) is 6.42 Å². The molecule has 1 aliphatic rings. The van der Waals surface area contributed by atoms with Crippen molar-refractivity contribution in [3.63, 3.8) is 0 Å². The third kappa shape index (κ3) is 2.07. The Hall–Kier alpha value is -1.02. The zero-order valence-electron chi connectivity index (χ0n) is 8.58. The number of benzene rings is 1. The van der Waals surface area contributed by atoms with E-state index in [1.807, 2.05) is 0 Å². The molecule has 1 heterocycles. The largest absolute Gasteiger partial charge is 0.372 e. The molecule has 0 bridgehead atoms. The van der Waals surface area contributed by atoms with Crippen LogP contribution in [-0.4, -0.2) is 19.6 Å². The summed E-state index contributed by atoms with van der Waals surface area (Å²) in [4.78, 5) is 2.45. The summed E-state index contributed by atoms with van der Waals surface area (Å²) in [5.74, 6) is 0. The van der Waals surface area contributed by atoms with E-state index in [-0.39, 0.29) is 0 Å². The Bertz CT molecular complexity index is 273. The molecule has 1 saturated heterocycles. The number of hydrogen-bond acceptors (Lipinski definition) is 2. The molecule has 14 heavy (non-hydrogen) atoms. The van der Waals surface area contributed by atoms with Crippen LogP contribution in [0.4, 0.5) is 5.69 Å². The van der Waals surface area contributed by atoms with Crippen LogP contribution in [0.3, 0.4) is 0 Å². The van der Waals surface area contributed by atoms with E-state index in [4.69, 9.17) is 5.73 Å². The summed E-state index contributed by atoms with van der Waals surface area (Å²) < 4.78 is 0. The summed E-state index contributed by atoms with van der Waals surface area (Å²) in [5, 5.41) is 0. The molecule has 1 fully saturated rings. The van der Waals surface area contributed by atoms with Crippen molar-refractivity contribution in [2.75, 3.05) is 24.5 Å². The molecule has 2 rings (SSSR count). The van der Waals surface area contributed by atoms with Gasteiger partial charge in [-0.15, -0.1) is 0 Å².